The van der Waals surface area contributed by atoms with E-state index in [0.29, 0.717) is 6.42 Å². The van der Waals surface area contributed by atoms with Gasteiger partial charge in [0.05, 0.1) is 4.92 Å². The van der Waals surface area contributed by atoms with Crippen LogP contribution in [0.2, 0.25) is 0 Å². The second-order valence-electron chi connectivity index (χ2n) is 4.08. The van der Waals surface area contributed by atoms with Crippen LogP contribution >= 0.6 is 27.5 Å². The molecule has 0 spiro atoms. The molecule has 0 saturated carbocycles. The lowest BCUT2D eigenvalue weighted by Gasteiger charge is -2.17. The molecular formula is C12H15BrClNO2. The first kappa shape index (κ1) is 14.5. The van der Waals surface area contributed by atoms with Crippen molar-refractivity contribution in [2.75, 3.05) is 0 Å². The van der Waals surface area contributed by atoms with E-state index in [4.69, 9.17) is 11.6 Å². The molecule has 2 unspecified atom stereocenters. The van der Waals surface area contributed by atoms with Crippen LogP contribution in [0.1, 0.15) is 25.8 Å². The average Bonchev–Trinajstić information content (AvgIpc) is 2.26. The average molecular weight is 321 g/mol. The predicted octanol–water partition coefficient (Wildman–Crippen LogP) is 4.55. The van der Waals surface area contributed by atoms with Crippen molar-refractivity contribution in [1.29, 1.82) is 0 Å². The normalized spacial score (nSPS) is 14.4. The molecule has 0 fully saturated rings. The van der Waals surface area contributed by atoms with Crippen LogP contribution < -0.4 is 0 Å². The molecule has 1 aromatic rings. The number of hydrogen-bond donors (Lipinski definition) is 0. The maximum absolute atomic E-state index is 11.0. The van der Waals surface area contributed by atoms with Gasteiger partial charge in [0.25, 0.3) is 5.69 Å². The monoisotopic (exact) mass is 319 g/mol. The molecule has 0 amide bonds. The molecule has 0 aliphatic carbocycles. The van der Waals surface area contributed by atoms with E-state index < -0.39 is 0 Å². The van der Waals surface area contributed by atoms with Gasteiger partial charge < -0.3 is 0 Å². The van der Waals surface area contributed by atoms with Gasteiger partial charge in [-0.2, -0.15) is 0 Å². The van der Waals surface area contributed by atoms with E-state index in [1.807, 2.05) is 19.9 Å². The Kier molecular flexibility index (Phi) is 5.40. The molecular weight excluding hydrogens is 305 g/mol. The van der Waals surface area contributed by atoms with Crippen molar-refractivity contribution in [3.8, 4) is 0 Å². The van der Waals surface area contributed by atoms with Gasteiger partial charge >= 0.3 is 0 Å². The lowest BCUT2D eigenvalue weighted by Crippen LogP contribution is -2.14. The topological polar surface area (TPSA) is 43.1 Å². The zero-order chi connectivity index (χ0) is 13.0. The SMILES string of the molecule is CCC(Cc1ccc(Br)cc1[N+](=O)[O-])C(C)Cl. The van der Waals surface area contributed by atoms with E-state index in [2.05, 4.69) is 15.9 Å². The van der Waals surface area contributed by atoms with Gasteiger partial charge in [-0.05, 0) is 25.3 Å². The molecule has 0 radical (unpaired) electrons. The van der Waals surface area contributed by atoms with Gasteiger partial charge in [0.2, 0.25) is 0 Å². The molecule has 1 aromatic carbocycles. The van der Waals surface area contributed by atoms with Gasteiger partial charge in [-0.1, -0.05) is 35.3 Å². The Morgan fingerprint density at radius 2 is 2.18 bits per heavy atom. The van der Waals surface area contributed by atoms with Crippen LogP contribution in [0.25, 0.3) is 0 Å². The Bertz CT molecular complexity index is 409. The second-order valence-corrected chi connectivity index (χ2v) is 5.68. The van der Waals surface area contributed by atoms with Crippen LogP contribution in [-0.4, -0.2) is 10.3 Å². The number of nitro groups is 1. The van der Waals surface area contributed by atoms with Gasteiger partial charge in [-0.25, -0.2) is 0 Å². The van der Waals surface area contributed by atoms with Crippen molar-refractivity contribution in [2.45, 2.75) is 32.1 Å². The maximum atomic E-state index is 11.0. The zero-order valence-electron chi connectivity index (χ0n) is 9.82. The summed E-state index contributed by atoms with van der Waals surface area (Å²) in [6.07, 6.45) is 1.56. The van der Waals surface area contributed by atoms with E-state index in [-0.39, 0.29) is 21.9 Å². The Labute approximate surface area is 114 Å². The number of halogens is 2. The quantitative estimate of drug-likeness (QED) is 0.453. The number of hydrogen-bond acceptors (Lipinski definition) is 2. The molecule has 3 nitrogen and oxygen atoms in total. The minimum absolute atomic E-state index is 0.0169. The number of nitro benzene ring substituents is 1. The van der Waals surface area contributed by atoms with Crippen LogP contribution in [0.5, 0.6) is 0 Å². The molecule has 0 heterocycles. The van der Waals surface area contributed by atoms with Crippen molar-refractivity contribution < 1.29 is 4.92 Å². The van der Waals surface area contributed by atoms with Crippen molar-refractivity contribution in [2.24, 2.45) is 5.92 Å². The molecule has 0 saturated heterocycles. The molecule has 5 heteroatoms. The largest absolute Gasteiger partial charge is 0.273 e. The first-order valence-corrected chi connectivity index (χ1v) is 6.75. The molecule has 0 bridgehead atoms. The Balaban J connectivity index is 3.01. The highest BCUT2D eigenvalue weighted by atomic mass is 79.9. The van der Waals surface area contributed by atoms with Crippen LogP contribution in [0.4, 0.5) is 5.69 Å². The lowest BCUT2D eigenvalue weighted by atomic mass is 9.93. The lowest BCUT2D eigenvalue weighted by molar-refractivity contribution is -0.385. The third-order valence-corrected chi connectivity index (χ3v) is 3.75. The van der Waals surface area contributed by atoms with E-state index in [1.54, 1.807) is 12.1 Å². The number of benzene rings is 1. The van der Waals surface area contributed by atoms with Crippen LogP contribution in [0.3, 0.4) is 0 Å². The predicted molar refractivity (Wildman–Crippen MR) is 73.6 cm³/mol. The fourth-order valence-corrected chi connectivity index (χ4v) is 2.41. The smallest absolute Gasteiger partial charge is 0.258 e. The fourth-order valence-electron chi connectivity index (χ4n) is 1.79. The summed E-state index contributed by atoms with van der Waals surface area (Å²) in [6.45, 7) is 3.98. The van der Waals surface area contributed by atoms with Gasteiger partial charge in [0.1, 0.15) is 0 Å². The van der Waals surface area contributed by atoms with Crippen molar-refractivity contribution in [1.82, 2.24) is 0 Å². The van der Waals surface area contributed by atoms with E-state index in [9.17, 15) is 10.1 Å². The van der Waals surface area contributed by atoms with Crippen molar-refractivity contribution >= 4 is 33.2 Å². The third-order valence-electron chi connectivity index (χ3n) is 2.90. The maximum Gasteiger partial charge on any atom is 0.273 e. The summed E-state index contributed by atoms with van der Waals surface area (Å²) in [6, 6.07) is 5.17. The first-order chi connectivity index (χ1) is 7.95. The highest BCUT2D eigenvalue weighted by Crippen LogP contribution is 2.28. The van der Waals surface area contributed by atoms with Crippen molar-refractivity contribution in [3.05, 3.63) is 38.3 Å². The van der Waals surface area contributed by atoms with Crippen LogP contribution in [0.15, 0.2) is 22.7 Å². The van der Waals surface area contributed by atoms with E-state index >= 15 is 0 Å². The molecule has 0 aliphatic rings. The molecule has 1 rings (SSSR count). The summed E-state index contributed by atoms with van der Waals surface area (Å²) < 4.78 is 0.722. The summed E-state index contributed by atoms with van der Waals surface area (Å²) in [5.41, 5.74) is 0.910. The number of alkyl halides is 1. The highest BCUT2D eigenvalue weighted by Gasteiger charge is 2.20. The minimum atomic E-state index is -0.342. The molecule has 0 N–H and O–H groups in total. The summed E-state index contributed by atoms with van der Waals surface area (Å²) in [7, 11) is 0. The highest BCUT2D eigenvalue weighted by molar-refractivity contribution is 9.10. The summed E-state index contributed by atoms with van der Waals surface area (Å²) in [5.74, 6) is 0.261. The number of rotatable bonds is 5. The first-order valence-electron chi connectivity index (χ1n) is 5.52. The van der Waals surface area contributed by atoms with Gasteiger partial charge in [-0.3, -0.25) is 10.1 Å². The third kappa shape index (κ3) is 3.96. The van der Waals surface area contributed by atoms with Crippen LogP contribution in [0, 0.1) is 16.0 Å². The Morgan fingerprint density at radius 3 is 2.65 bits per heavy atom. The summed E-state index contributed by atoms with van der Waals surface area (Å²) >= 11 is 9.32. The fraction of sp³-hybridized carbons (Fsp3) is 0.500. The second kappa shape index (κ2) is 6.36. The van der Waals surface area contributed by atoms with Crippen LogP contribution in [-0.2, 0) is 6.42 Å². The zero-order valence-corrected chi connectivity index (χ0v) is 12.2. The molecule has 94 valence electrons. The Morgan fingerprint density at radius 1 is 1.53 bits per heavy atom. The molecule has 2 atom stereocenters. The van der Waals surface area contributed by atoms with Gasteiger partial charge in [0, 0.05) is 21.5 Å². The summed E-state index contributed by atoms with van der Waals surface area (Å²) in [5, 5.41) is 11.0. The van der Waals surface area contributed by atoms with E-state index in [1.165, 1.54) is 0 Å². The van der Waals surface area contributed by atoms with Crippen molar-refractivity contribution in [3.63, 3.8) is 0 Å². The molecule has 0 aromatic heterocycles. The standard InChI is InChI=1S/C12H15BrClNO2/c1-3-9(8(2)14)6-10-4-5-11(13)7-12(10)15(16)17/h4-5,7-9H,3,6H2,1-2H3. The summed E-state index contributed by atoms with van der Waals surface area (Å²) in [4.78, 5) is 10.6. The van der Waals surface area contributed by atoms with E-state index in [0.717, 1.165) is 16.5 Å². The molecule has 17 heavy (non-hydrogen) atoms. The van der Waals surface area contributed by atoms with Gasteiger partial charge in [0.15, 0.2) is 0 Å². The minimum Gasteiger partial charge on any atom is -0.258 e. The van der Waals surface area contributed by atoms with Gasteiger partial charge in [-0.15, -0.1) is 11.6 Å². The number of nitrogens with zero attached hydrogens (tertiary/aromatic N) is 1. The Hall–Kier alpha value is -0.610. The molecule has 0 aliphatic heterocycles.